The van der Waals surface area contributed by atoms with Crippen molar-refractivity contribution in [2.75, 3.05) is 4.72 Å². The molecule has 0 fully saturated rings. The molecule has 0 saturated heterocycles. The molecule has 0 aliphatic carbocycles. The van der Waals surface area contributed by atoms with Gasteiger partial charge in [-0.3, -0.25) is 9.52 Å². The molecule has 0 bridgehead atoms. The van der Waals surface area contributed by atoms with Crippen molar-refractivity contribution >= 4 is 21.5 Å². The first kappa shape index (κ1) is 16.9. The van der Waals surface area contributed by atoms with Crippen molar-refractivity contribution in [3.8, 4) is 0 Å². The van der Waals surface area contributed by atoms with Crippen LogP contribution in [0, 0.1) is 6.92 Å². The highest BCUT2D eigenvalue weighted by molar-refractivity contribution is 7.92. The molecule has 0 aliphatic heterocycles. The fourth-order valence-corrected chi connectivity index (χ4v) is 3.53. The van der Waals surface area contributed by atoms with E-state index >= 15 is 0 Å². The summed E-state index contributed by atoms with van der Waals surface area (Å²) < 4.78 is 27.6. The largest absolute Gasteiger partial charge is 0.289 e. The molecule has 0 radical (unpaired) electrons. The Kier molecular flexibility index (Phi) is 4.67. The highest BCUT2D eigenvalue weighted by Gasteiger charge is 2.19. The van der Waals surface area contributed by atoms with Gasteiger partial charge in [0.2, 0.25) is 0 Å². The number of carbonyl (C=O) groups is 1. The molecule has 126 valence electrons. The summed E-state index contributed by atoms with van der Waals surface area (Å²) in [6.07, 6.45) is 0. The lowest BCUT2D eigenvalue weighted by molar-refractivity contribution is 0.103. The second kappa shape index (κ2) is 6.91. The van der Waals surface area contributed by atoms with Crippen LogP contribution >= 0.6 is 0 Å². The Morgan fingerprint density at radius 3 is 2.08 bits per heavy atom. The van der Waals surface area contributed by atoms with Crippen molar-refractivity contribution in [3.63, 3.8) is 0 Å². The fourth-order valence-electron chi connectivity index (χ4n) is 2.43. The van der Waals surface area contributed by atoms with E-state index in [1.54, 1.807) is 54.6 Å². The number of benzene rings is 3. The smallest absolute Gasteiger partial charge is 0.261 e. The molecule has 3 aromatic carbocycles. The molecule has 0 amide bonds. The molecule has 25 heavy (non-hydrogen) atoms. The Balaban J connectivity index is 1.97. The van der Waals surface area contributed by atoms with Crippen LogP contribution in [0.1, 0.15) is 21.5 Å². The molecule has 0 spiro atoms. The summed E-state index contributed by atoms with van der Waals surface area (Å²) in [5.74, 6) is -0.230. The van der Waals surface area contributed by atoms with Crippen LogP contribution in [-0.2, 0) is 10.0 Å². The zero-order chi connectivity index (χ0) is 17.9. The Bertz CT molecular complexity index is 995. The van der Waals surface area contributed by atoms with E-state index in [2.05, 4.69) is 4.72 Å². The summed E-state index contributed by atoms with van der Waals surface area (Å²) in [6, 6.07) is 21.8. The van der Waals surface area contributed by atoms with Gasteiger partial charge in [0.15, 0.2) is 5.78 Å². The molecular weight excluding hydrogens is 334 g/mol. The van der Waals surface area contributed by atoms with Gasteiger partial charge in [0, 0.05) is 11.1 Å². The van der Waals surface area contributed by atoms with Crippen LogP contribution in [0.15, 0.2) is 83.8 Å². The van der Waals surface area contributed by atoms with Gasteiger partial charge in [0.25, 0.3) is 10.0 Å². The standard InChI is InChI=1S/C20H17NO3S/c1-15-11-13-16(14-12-15)20(22)18-9-5-6-10-19(18)21-25(23,24)17-7-3-2-4-8-17/h2-14,21H,1H3. The quantitative estimate of drug-likeness (QED) is 0.706. The van der Waals surface area contributed by atoms with Crippen molar-refractivity contribution in [1.29, 1.82) is 0 Å². The minimum absolute atomic E-state index is 0.146. The van der Waals surface area contributed by atoms with Crippen LogP contribution in [0.2, 0.25) is 0 Å². The van der Waals surface area contributed by atoms with Crippen molar-refractivity contribution < 1.29 is 13.2 Å². The number of carbonyl (C=O) groups excluding carboxylic acids is 1. The van der Waals surface area contributed by atoms with Gasteiger partial charge in [-0.15, -0.1) is 0 Å². The lowest BCUT2D eigenvalue weighted by Crippen LogP contribution is -2.15. The average molecular weight is 351 g/mol. The van der Waals surface area contributed by atoms with Crippen molar-refractivity contribution in [1.82, 2.24) is 0 Å². The number of hydrogen-bond acceptors (Lipinski definition) is 3. The van der Waals surface area contributed by atoms with Crippen LogP contribution in [0.4, 0.5) is 5.69 Å². The lowest BCUT2D eigenvalue weighted by Gasteiger charge is -2.12. The minimum Gasteiger partial charge on any atom is -0.289 e. The molecule has 0 aromatic heterocycles. The highest BCUT2D eigenvalue weighted by atomic mass is 32.2. The van der Waals surface area contributed by atoms with E-state index < -0.39 is 10.0 Å². The highest BCUT2D eigenvalue weighted by Crippen LogP contribution is 2.23. The third-order valence-corrected chi connectivity index (χ3v) is 5.16. The van der Waals surface area contributed by atoms with E-state index in [1.165, 1.54) is 12.1 Å². The predicted octanol–water partition coefficient (Wildman–Crippen LogP) is 4.03. The van der Waals surface area contributed by atoms with Crippen molar-refractivity contribution in [2.45, 2.75) is 11.8 Å². The van der Waals surface area contributed by atoms with Crippen LogP contribution in [0.3, 0.4) is 0 Å². The molecule has 5 heteroatoms. The first-order valence-electron chi connectivity index (χ1n) is 7.76. The number of anilines is 1. The topological polar surface area (TPSA) is 63.2 Å². The fraction of sp³-hybridized carbons (Fsp3) is 0.0500. The van der Waals surface area contributed by atoms with Gasteiger partial charge >= 0.3 is 0 Å². The first-order valence-corrected chi connectivity index (χ1v) is 9.24. The molecule has 0 atom stereocenters. The molecular formula is C20H17NO3S. The maximum atomic E-state index is 12.8. The SMILES string of the molecule is Cc1ccc(C(=O)c2ccccc2NS(=O)(=O)c2ccccc2)cc1. The van der Waals surface area contributed by atoms with Gasteiger partial charge in [0.1, 0.15) is 0 Å². The Labute approximate surface area is 147 Å². The molecule has 0 heterocycles. The number of rotatable bonds is 5. The monoisotopic (exact) mass is 351 g/mol. The van der Waals surface area contributed by atoms with Gasteiger partial charge in [-0.05, 0) is 31.2 Å². The van der Waals surface area contributed by atoms with Gasteiger partial charge in [0.05, 0.1) is 10.6 Å². The average Bonchev–Trinajstić information content (AvgIpc) is 2.63. The van der Waals surface area contributed by atoms with Crippen LogP contribution < -0.4 is 4.72 Å². The van der Waals surface area contributed by atoms with Gasteiger partial charge in [-0.1, -0.05) is 60.2 Å². The third-order valence-electron chi connectivity index (χ3n) is 3.78. The summed E-state index contributed by atoms with van der Waals surface area (Å²) in [7, 11) is -3.76. The summed E-state index contributed by atoms with van der Waals surface area (Å²) in [5, 5.41) is 0. The minimum atomic E-state index is -3.76. The van der Waals surface area contributed by atoms with E-state index in [-0.39, 0.29) is 16.4 Å². The zero-order valence-corrected chi connectivity index (χ0v) is 14.5. The van der Waals surface area contributed by atoms with E-state index in [0.717, 1.165) is 5.56 Å². The number of sulfonamides is 1. The Morgan fingerprint density at radius 1 is 0.800 bits per heavy atom. The van der Waals surface area contributed by atoms with Crippen LogP contribution in [0.5, 0.6) is 0 Å². The van der Waals surface area contributed by atoms with Crippen molar-refractivity contribution in [2.24, 2.45) is 0 Å². The molecule has 0 aliphatic rings. The second-order valence-electron chi connectivity index (χ2n) is 5.66. The van der Waals surface area contributed by atoms with Gasteiger partial charge < -0.3 is 0 Å². The maximum Gasteiger partial charge on any atom is 0.261 e. The summed E-state index contributed by atoms with van der Waals surface area (Å²) >= 11 is 0. The van der Waals surface area contributed by atoms with Crippen LogP contribution in [0.25, 0.3) is 0 Å². The van der Waals surface area contributed by atoms with Crippen LogP contribution in [-0.4, -0.2) is 14.2 Å². The van der Waals surface area contributed by atoms with Gasteiger partial charge in [-0.25, -0.2) is 8.42 Å². The molecule has 3 rings (SSSR count). The van der Waals surface area contributed by atoms with E-state index in [1.807, 2.05) is 19.1 Å². The zero-order valence-electron chi connectivity index (χ0n) is 13.6. The molecule has 4 nitrogen and oxygen atoms in total. The lowest BCUT2D eigenvalue weighted by atomic mass is 10.0. The second-order valence-corrected chi connectivity index (χ2v) is 7.34. The normalized spacial score (nSPS) is 11.1. The van der Waals surface area contributed by atoms with E-state index in [4.69, 9.17) is 0 Å². The number of para-hydroxylation sites is 1. The van der Waals surface area contributed by atoms with Crippen molar-refractivity contribution in [3.05, 3.63) is 95.6 Å². The molecule has 0 saturated carbocycles. The summed E-state index contributed by atoms with van der Waals surface area (Å²) in [4.78, 5) is 12.9. The number of ketones is 1. The van der Waals surface area contributed by atoms with E-state index in [9.17, 15) is 13.2 Å². The number of aryl methyl sites for hydroxylation is 1. The summed E-state index contributed by atoms with van der Waals surface area (Å²) in [5.41, 5.74) is 2.13. The van der Waals surface area contributed by atoms with Gasteiger partial charge in [-0.2, -0.15) is 0 Å². The number of nitrogens with one attached hydrogen (secondary N) is 1. The van der Waals surface area contributed by atoms with E-state index in [0.29, 0.717) is 11.1 Å². The molecule has 1 N–H and O–H groups in total. The predicted molar refractivity (Wildman–Crippen MR) is 98.3 cm³/mol. The summed E-state index contributed by atoms with van der Waals surface area (Å²) in [6.45, 7) is 1.94. The molecule has 3 aromatic rings. The molecule has 0 unspecified atom stereocenters. The Hall–Kier alpha value is -2.92. The first-order chi connectivity index (χ1) is 12.0. The number of hydrogen-bond donors (Lipinski definition) is 1. The maximum absolute atomic E-state index is 12.8. The third kappa shape index (κ3) is 3.78. The Morgan fingerprint density at radius 2 is 1.40 bits per heavy atom.